The van der Waals surface area contributed by atoms with Crippen molar-refractivity contribution in [2.45, 2.75) is 19.9 Å². The van der Waals surface area contributed by atoms with Crippen LogP contribution in [0.5, 0.6) is 11.5 Å². The Morgan fingerprint density at radius 2 is 1.91 bits per heavy atom. The van der Waals surface area contributed by atoms with E-state index in [1.807, 2.05) is 31.4 Å². The van der Waals surface area contributed by atoms with Crippen molar-refractivity contribution in [3.05, 3.63) is 81.6 Å². The summed E-state index contributed by atoms with van der Waals surface area (Å²) in [6, 6.07) is 15.2. The van der Waals surface area contributed by atoms with Crippen LogP contribution in [0, 0.1) is 6.92 Å². The lowest BCUT2D eigenvalue weighted by Gasteiger charge is -2.24. The Morgan fingerprint density at radius 1 is 1.09 bits per heavy atom. The van der Waals surface area contributed by atoms with Crippen LogP contribution in [0.1, 0.15) is 29.0 Å². The first kappa shape index (κ1) is 21.6. The average Bonchev–Trinajstić information content (AvgIpc) is 3.40. The highest BCUT2D eigenvalue weighted by Gasteiger charge is 2.47. The number of ketones is 1. The molecule has 1 N–H and O–H groups in total. The third-order valence-corrected chi connectivity index (χ3v) is 6.28. The molecule has 6 nitrogen and oxygen atoms in total. The summed E-state index contributed by atoms with van der Waals surface area (Å²) in [5, 5.41) is 13.1. The average molecular weight is 450 g/mol. The Labute approximate surface area is 190 Å². The van der Waals surface area contributed by atoms with E-state index in [0.29, 0.717) is 29.4 Å². The summed E-state index contributed by atoms with van der Waals surface area (Å²) in [6.45, 7) is 4.18. The zero-order valence-electron chi connectivity index (χ0n) is 18.0. The normalized spacial score (nSPS) is 17.6. The van der Waals surface area contributed by atoms with Crippen LogP contribution in [-0.2, 0) is 9.59 Å². The predicted molar refractivity (Wildman–Crippen MR) is 124 cm³/mol. The van der Waals surface area contributed by atoms with Crippen LogP contribution in [0.15, 0.2) is 65.6 Å². The number of Topliss-reactive ketones (excluding diaryl/α,β-unsaturated/α-hetero) is 1. The van der Waals surface area contributed by atoms with Crippen LogP contribution in [-0.4, -0.2) is 30.5 Å². The molecule has 1 unspecified atom stereocenters. The Kier molecular flexibility index (Phi) is 6.01. The molecule has 1 amide bonds. The largest absolute Gasteiger partial charge is 0.507 e. The molecular formula is C25H23NO5S. The first-order valence-electron chi connectivity index (χ1n) is 10.2. The zero-order valence-corrected chi connectivity index (χ0v) is 18.8. The van der Waals surface area contributed by atoms with Crippen LogP contribution in [0.4, 0.5) is 5.69 Å². The molecule has 4 rings (SSSR count). The van der Waals surface area contributed by atoms with Crippen LogP contribution in [0.3, 0.4) is 0 Å². The Balaban J connectivity index is 1.90. The molecule has 7 heteroatoms. The number of rotatable bonds is 6. The van der Waals surface area contributed by atoms with E-state index in [2.05, 4.69) is 0 Å². The van der Waals surface area contributed by atoms with E-state index in [-0.39, 0.29) is 11.3 Å². The van der Waals surface area contributed by atoms with Gasteiger partial charge in [-0.2, -0.15) is 0 Å². The maximum Gasteiger partial charge on any atom is 0.300 e. The van der Waals surface area contributed by atoms with Gasteiger partial charge in [0.25, 0.3) is 11.7 Å². The summed E-state index contributed by atoms with van der Waals surface area (Å²) in [4.78, 5) is 28.6. The predicted octanol–water partition coefficient (Wildman–Crippen LogP) is 5.09. The van der Waals surface area contributed by atoms with Gasteiger partial charge in [-0.05, 0) is 61.2 Å². The third kappa shape index (κ3) is 3.76. The number of anilines is 1. The summed E-state index contributed by atoms with van der Waals surface area (Å²) < 4.78 is 10.8. The van der Waals surface area contributed by atoms with E-state index in [1.54, 1.807) is 49.6 Å². The second kappa shape index (κ2) is 8.88. The minimum absolute atomic E-state index is 0.0625. The lowest BCUT2D eigenvalue weighted by molar-refractivity contribution is -0.132. The molecular weight excluding hydrogens is 426 g/mol. The molecule has 3 aromatic rings. The van der Waals surface area contributed by atoms with Gasteiger partial charge in [-0.1, -0.05) is 12.1 Å². The number of carbonyl (C=O) groups is 2. The van der Waals surface area contributed by atoms with Gasteiger partial charge in [0.1, 0.15) is 23.3 Å². The molecule has 0 aliphatic carbocycles. The molecule has 1 aromatic heterocycles. The van der Waals surface area contributed by atoms with E-state index >= 15 is 0 Å². The van der Waals surface area contributed by atoms with Crippen LogP contribution in [0.2, 0.25) is 0 Å². The molecule has 1 fully saturated rings. The second-order valence-corrected chi connectivity index (χ2v) is 8.28. The summed E-state index contributed by atoms with van der Waals surface area (Å²) in [7, 11) is 1.56. The summed E-state index contributed by atoms with van der Waals surface area (Å²) in [5.41, 5.74) is 1.80. The van der Waals surface area contributed by atoms with Crippen molar-refractivity contribution in [3.63, 3.8) is 0 Å². The van der Waals surface area contributed by atoms with Crippen molar-refractivity contribution in [2.24, 2.45) is 0 Å². The number of carbonyl (C=O) groups excluding carboxylic acids is 2. The zero-order chi connectivity index (χ0) is 22.8. The molecule has 0 radical (unpaired) electrons. The van der Waals surface area contributed by atoms with E-state index in [0.717, 1.165) is 10.4 Å². The smallest absolute Gasteiger partial charge is 0.300 e. The van der Waals surface area contributed by atoms with E-state index in [9.17, 15) is 14.7 Å². The highest BCUT2D eigenvalue weighted by molar-refractivity contribution is 7.10. The third-order valence-electron chi connectivity index (χ3n) is 5.35. The quantitative estimate of drug-likeness (QED) is 0.322. The fourth-order valence-corrected chi connectivity index (χ4v) is 4.70. The van der Waals surface area contributed by atoms with Gasteiger partial charge in [0.2, 0.25) is 0 Å². The topological polar surface area (TPSA) is 76.1 Å². The van der Waals surface area contributed by atoms with E-state index < -0.39 is 17.7 Å². The lowest BCUT2D eigenvalue weighted by atomic mass is 9.97. The molecule has 2 aromatic carbocycles. The number of amides is 1. The van der Waals surface area contributed by atoms with Gasteiger partial charge < -0.3 is 14.6 Å². The van der Waals surface area contributed by atoms with E-state index in [1.165, 1.54) is 16.2 Å². The number of aliphatic hydroxyl groups excluding tert-OH is 1. The van der Waals surface area contributed by atoms with Crippen molar-refractivity contribution in [3.8, 4) is 11.5 Å². The molecule has 1 atom stereocenters. The number of methoxy groups -OCH3 is 1. The SMILES string of the molecule is CCOc1cccc(N2C(=O)C(=O)/C(=C(\O)c3ccc(OC)cc3C)C2c2cccs2)c1. The fourth-order valence-electron chi connectivity index (χ4n) is 3.88. The monoisotopic (exact) mass is 449 g/mol. The fraction of sp³-hybridized carbons (Fsp3) is 0.200. The highest BCUT2D eigenvalue weighted by Crippen LogP contribution is 2.44. The number of aliphatic hydroxyl groups is 1. The second-order valence-electron chi connectivity index (χ2n) is 7.30. The number of hydrogen-bond donors (Lipinski definition) is 1. The Hall–Kier alpha value is -3.58. The molecule has 1 aliphatic heterocycles. The van der Waals surface area contributed by atoms with Gasteiger partial charge in [0, 0.05) is 22.2 Å². The molecule has 2 heterocycles. The van der Waals surface area contributed by atoms with Crippen molar-refractivity contribution >= 4 is 34.5 Å². The standard InChI is InChI=1S/C25H23NO5S/c1-4-31-18-8-5-7-16(14-18)26-22(20-9-6-12-32-20)21(24(28)25(26)29)23(27)19-11-10-17(30-3)13-15(19)2/h5-14,22,27H,4H2,1-3H3/b23-21-. The maximum absolute atomic E-state index is 13.2. The molecule has 0 bridgehead atoms. The maximum atomic E-state index is 13.2. The first-order valence-corrected chi connectivity index (χ1v) is 11.1. The first-order chi connectivity index (χ1) is 15.5. The minimum atomic E-state index is -0.742. The number of thiophene rings is 1. The highest BCUT2D eigenvalue weighted by atomic mass is 32.1. The number of hydrogen-bond acceptors (Lipinski definition) is 6. The number of nitrogens with zero attached hydrogens (tertiary/aromatic N) is 1. The number of benzene rings is 2. The minimum Gasteiger partial charge on any atom is -0.507 e. The number of aryl methyl sites for hydroxylation is 1. The van der Waals surface area contributed by atoms with Crippen molar-refractivity contribution in [1.82, 2.24) is 0 Å². The lowest BCUT2D eigenvalue weighted by Crippen LogP contribution is -2.29. The van der Waals surface area contributed by atoms with Crippen LogP contribution in [0.25, 0.3) is 5.76 Å². The van der Waals surface area contributed by atoms with Crippen LogP contribution < -0.4 is 14.4 Å². The summed E-state index contributed by atoms with van der Waals surface area (Å²) in [6.07, 6.45) is 0. The van der Waals surface area contributed by atoms with Crippen molar-refractivity contribution in [2.75, 3.05) is 18.6 Å². The Morgan fingerprint density at radius 3 is 2.56 bits per heavy atom. The molecule has 32 heavy (non-hydrogen) atoms. The van der Waals surface area contributed by atoms with Crippen molar-refractivity contribution in [1.29, 1.82) is 0 Å². The van der Waals surface area contributed by atoms with Gasteiger partial charge in [-0.15, -0.1) is 11.3 Å². The summed E-state index contributed by atoms with van der Waals surface area (Å²) in [5.74, 6) is -0.377. The number of ether oxygens (including phenoxy) is 2. The van der Waals surface area contributed by atoms with Crippen LogP contribution >= 0.6 is 11.3 Å². The van der Waals surface area contributed by atoms with Gasteiger partial charge in [-0.25, -0.2) is 0 Å². The van der Waals surface area contributed by atoms with E-state index in [4.69, 9.17) is 9.47 Å². The molecule has 0 saturated carbocycles. The molecule has 1 aliphatic rings. The van der Waals surface area contributed by atoms with Gasteiger partial charge in [-0.3, -0.25) is 14.5 Å². The van der Waals surface area contributed by atoms with Gasteiger partial charge >= 0.3 is 0 Å². The van der Waals surface area contributed by atoms with Gasteiger partial charge in [0.15, 0.2) is 0 Å². The summed E-state index contributed by atoms with van der Waals surface area (Å²) >= 11 is 1.42. The molecule has 1 saturated heterocycles. The molecule has 0 spiro atoms. The van der Waals surface area contributed by atoms with Gasteiger partial charge in [0.05, 0.1) is 19.3 Å². The Bertz CT molecular complexity index is 1200. The molecule has 164 valence electrons. The van der Waals surface area contributed by atoms with Crippen molar-refractivity contribution < 1.29 is 24.2 Å².